The Bertz CT molecular complexity index is 590. The highest BCUT2D eigenvalue weighted by atomic mass is 19.4. The summed E-state index contributed by atoms with van der Waals surface area (Å²) in [7, 11) is 0. The molecule has 1 aromatic rings. The molecule has 0 bridgehead atoms. The minimum Gasteiger partial charge on any atom is -0.361 e. The van der Waals surface area contributed by atoms with Gasteiger partial charge in [-0.15, -0.1) is 0 Å². The van der Waals surface area contributed by atoms with E-state index < -0.39 is 17.3 Å². The number of benzene rings is 1. The van der Waals surface area contributed by atoms with Gasteiger partial charge in [0.1, 0.15) is 0 Å². The fourth-order valence-electron chi connectivity index (χ4n) is 2.71. The molecule has 2 rings (SSSR count). The van der Waals surface area contributed by atoms with E-state index in [-0.39, 0.29) is 11.8 Å². The van der Waals surface area contributed by atoms with Crippen molar-refractivity contribution >= 4 is 11.5 Å². The van der Waals surface area contributed by atoms with Crippen LogP contribution in [-0.4, -0.2) is 18.4 Å². The monoisotopic (exact) mass is 296 g/mol. The molecule has 1 atom stereocenters. The lowest BCUT2D eigenvalue weighted by Crippen LogP contribution is -2.44. The predicted molar refractivity (Wildman–Crippen MR) is 71.8 cm³/mol. The van der Waals surface area contributed by atoms with Gasteiger partial charge in [-0.1, -0.05) is 0 Å². The highest BCUT2D eigenvalue weighted by Crippen LogP contribution is 2.35. The van der Waals surface area contributed by atoms with E-state index in [9.17, 15) is 18.0 Å². The Morgan fingerprint density at radius 2 is 2.10 bits per heavy atom. The van der Waals surface area contributed by atoms with Crippen molar-refractivity contribution in [2.75, 3.05) is 11.4 Å². The normalized spacial score (nSPS) is 19.2. The van der Waals surface area contributed by atoms with Gasteiger partial charge in [-0.2, -0.15) is 18.4 Å². The number of carbonyl (C=O) groups is 1. The topological polar surface area (TPSA) is 44.1 Å². The van der Waals surface area contributed by atoms with Crippen molar-refractivity contribution in [2.45, 2.75) is 38.4 Å². The smallest absolute Gasteiger partial charge is 0.361 e. The number of hydrogen-bond acceptors (Lipinski definition) is 3. The number of carbonyl (C=O) groups excluding carboxylic acids is 1. The summed E-state index contributed by atoms with van der Waals surface area (Å²) in [5.74, 6) is -0.00638. The Labute approximate surface area is 121 Å². The molecule has 1 unspecified atom stereocenters. The number of anilines is 1. The molecule has 1 aliphatic heterocycles. The van der Waals surface area contributed by atoms with Crippen LogP contribution in [0.15, 0.2) is 18.2 Å². The Kier molecular flexibility index (Phi) is 4.21. The van der Waals surface area contributed by atoms with Crippen molar-refractivity contribution < 1.29 is 18.0 Å². The summed E-state index contributed by atoms with van der Waals surface area (Å²) in [6.45, 7) is 2.10. The van der Waals surface area contributed by atoms with Crippen LogP contribution in [0, 0.1) is 11.3 Å². The minimum atomic E-state index is -4.55. The molecule has 112 valence electrons. The molecular formula is C15H15F3N2O. The number of piperidine rings is 1. The molecule has 1 aliphatic rings. The van der Waals surface area contributed by atoms with Crippen LogP contribution < -0.4 is 4.90 Å². The summed E-state index contributed by atoms with van der Waals surface area (Å²) < 4.78 is 38.4. The van der Waals surface area contributed by atoms with Crippen LogP contribution in [0.1, 0.15) is 37.3 Å². The summed E-state index contributed by atoms with van der Waals surface area (Å²) in [5, 5.41) is 8.94. The van der Waals surface area contributed by atoms with E-state index in [4.69, 9.17) is 5.26 Å². The molecule has 1 aromatic carbocycles. The van der Waals surface area contributed by atoms with Crippen LogP contribution in [0.4, 0.5) is 18.9 Å². The molecule has 0 aliphatic carbocycles. The van der Waals surface area contributed by atoms with E-state index in [1.54, 1.807) is 11.0 Å². The molecule has 1 saturated heterocycles. The Morgan fingerprint density at radius 1 is 1.38 bits per heavy atom. The maximum atomic E-state index is 12.8. The van der Waals surface area contributed by atoms with Gasteiger partial charge in [-0.25, -0.2) is 0 Å². The summed E-state index contributed by atoms with van der Waals surface area (Å²) in [6.07, 6.45) is -2.05. The number of nitriles is 1. The third-order valence-electron chi connectivity index (χ3n) is 3.73. The minimum absolute atomic E-state index is 0.00638. The number of Topliss-reactive ketones (excluding diaryl/α,β-unsaturated/α-hetero) is 1. The Balaban J connectivity index is 2.41. The quantitative estimate of drug-likeness (QED) is 0.838. The van der Waals surface area contributed by atoms with Crippen molar-refractivity contribution in [3.05, 3.63) is 29.3 Å². The van der Waals surface area contributed by atoms with Gasteiger partial charge < -0.3 is 4.90 Å². The summed E-state index contributed by atoms with van der Waals surface area (Å²) in [4.78, 5) is 13.5. The highest BCUT2D eigenvalue weighted by Gasteiger charge is 2.34. The third-order valence-corrected chi connectivity index (χ3v) is 3.73. The Hall–Kier alpha value is -2.03. The van der Waals surface area contributed by atoms with Crippen molar-refractivity contribution in [1.82, 2.24) is 0 Å². The number of alkyl halides is 3. The summed E-state index contributed by atoms with van der Waals surface area (Å²) in [6, 6.07) is 4.76. The van der Waals surface area contributed by atoms with Gasteiger partial charge in [0, 0.05) is 12.2 Å². The number of nitrogens with zero attached hydrogens (tertiary/aromatic N) is 2. The van der Waals surface area contributed by atoms with Gasteiger partial charge in [-0.05, 0) is 44.4 Å². The van der Waals surface area contributed by atoms with Crippen LogP contribution in [0.2, 0.25) is 0 Å². The maximum Gasteiger partial charge on any atom is 0.417 e. The molecule has 3 nitrogen and oxygen atoms in total. The molecule has 21 heavy (non-hydrogen) atoms. The van der Waals surface area contributed by atoms with E-state index in [0.717, 1.165) is 18.9 Å². The molecule has 0 N–H and O–H groups in total. The predicted octanol–water partition coefficient (Wildman–Crippen LogP) is 3.52. The summed E-state index contributed by atoms with van der Waals surface area (Å²) in [5.41, 5.74) is -0.850. The average Bonchev–Trinajstić information content (AvgIpc) is 2.45. The third kappa shape index (κ3) is 3.18. The van der Waals surface area contributed by atoms with Gasteiger partial charge in [0.25, 0.3) is 0 Å². The molecule has 0 radical (unpaired) electrons. The summed E-state index contributed by atoms with van der Waals surface area (Å²) >= 11 is 0. The molecule has 0 amide bonds. The van der Waals surface area contributed by atoms with Crippen LogP contribution in [0.3, 0.4) is 0 Å². The number of rotatable bonds is 2. The van der Waals surface area contributed by atoms with E-state index in [0.29, 0.717) is 18.7 Å². The van der Waals surface area contributed by atoms with E-state index in [2.05, 4.69) is 0 Å². The second kappa shape index (κ2) is 5.76. The molecule has 0 spiro atoms. The number of hydrogen-bond donors (Lipinski definition) is 0. The van der Waals surface area contributed by atoms with Gasteiger partial charge in [0.15, 0.2) is 5.78 Å². The first kappa shape index (κ1) is 15.4. The lowest BCUT2D eigenvalue weighted by Gasteiger charge is -2.36. The number of ketones is 1. The average molecular weight is 296 g/mol. The van der Waals surface area contributed by atoms with E-state index in [1.807, 2.05) is 0 Å². The second-order valence-corrected chi connectivity index (χ2v) is 5.16. The van der Waals surface area contributed by atoms with Gasteiger partial charge in [0.05, 0.1) is 23.2 Å². The molecule has 0 saturated carbocycles. The molecular weight excluding hydrogens is 281 g/mol. The fraction of sp³-hybridized carbons (Fsp3) is 0.467. The van der Waals surface area contributed by atoms with Crippen LogP contribution >= 0.6 is 0 Å². The molecule has 1 heterocycles. The SMILES string of the molecule is CC(=O)C1CCCCN1c1ccc(C(F)(F)F)c(C#N)c1. The fourth-order valence-corrected chi connectivity index (χ4v) is 2.71. The van der Waals surface area contributed by atoms with E-state index in [1.165, 1.54) is 19.1 Å². The van der Waals surface area contributed by atoms with Crippen LogP contribution in [-0.2, 0) is 11.0 Å². The highest BCUT2D eigenvalue weighted by molar-refractivity contribution is 5.85. The Morgan fingerprint density at radius 3 is 2.67 bits per heavy atom. The van der Waals surface area contributed by atoms with Crippen LogP contribution in [0.5, 0.6) is 0 Å². The molecule has 1 fully saturated rings. The zero-order valence-electron chi connectivity index (χ0n) is 11.6. The lowest BCUT2D eigenvalue weighted by molar-refractivity contribution is -0.137. The largest absolute Gasteiger partial charge is 0.417 e. The zero-order valence-corrected chi connectivity index (χ0v) is 11.6. The number of halogens is 3. The maximum absolute atomic E-state index is 12.8. The second-order valence-electron chi connectivity index (χ2n) is 5.16. The standard InChI is InChI=1S/C15H15F3N2O/c1-10(21)14-4-2-3-7-20(14)12-5-6-13(15(16,17)18)11(8-12)9-19/h5-6,8,14H,2-4,7H2,1H3. The van der Waals surface area contributed by atoms with Gasteiger partial charge in [0.2, 0.25) is 0 Å². The molecule has 0 aromatic heterocycles. The van der Waals surface area contributed by atoms with Crippen molar-refractivity contribution in [2.24, 2.45) is 0 Å². The molecule has 6 heteroatoms. The van der Waals surface area contributed by atoms with E-state index >= 15 is 0 Å². The van der Waals surface area contributed by atoms with Crippen molar-refractivity contribution in [3.8, 4) is 6.07 Å². The van der Waals surface area contributed by atoms with Crippen molar-refractivity contribution in [3.63, 3.8) is 0 Å². The first-order chi connectivity index (χ1) is 9.84. The first-order valence-electron chi connectivity index (χ1n) is 6.73. The van der Waals surface area contributed by atoms with Crippen LogP contribution in [0.25, 0.3) is 0 Å². The van der Waals surface area contributed by atoms with Gasteiger partial charge >= 0.3 is 6.18 Å². The van der Waals surface area contributed by atoms with Crippen molar-refractivity contribution in [1.29, 1.82) is 5.26 Å². The first-order valence-corrected chi connectivity index (χ1v) is 6.73. The van der Waals surface area contributed by atoms with Gasteiger partial charge in [-0.3, -0.25) is 4.79 Å². The zero-order chi connectivity index (χ0) is 15.6. The lowest BCUT2D eigenvalue weighted by atomic mass is 9.97.